The number of nitrogens with zero attached hydrogens (tertiary/aromatic N) is 4. The van der Waals surface area contributed by atoms with Crippen LogP contribution in [0.3, 0.4) is 0 Å². The van der Waals surface area contributed by atoms with Crippen molar-refractivity contribution in [3.05, 3.63) is 77.6 Å². The molecule has 0 radical (unpaired) electrons. The Balaban J connectivity index is 1.59. The lowest BCUT2D eigenvalue weighted by Gasteiger charge is -2.40. The minimum Gasteiger partial charge on any atom is -0.382 e. The van der Waals surface area contributed by atoms with E-state index in [4.69, 9.17) is 5.73 Å². The molecule has 39 heavy (non-hydrogen) atoms. The number of carbonyl (C=O) groups excluding carboxylic acids is 1. The maximum Gasteiger partial charge on any atom is 0.416 e. The summed E-state index contributed by atoms with van der Waals surface area (Å²) in [5.41, 5.74) is 6.63. The number of carbonyl (C=O) groups is 1. The zero-order valence-electron chi connectivity index (χ0n) is 21.4. The number of hydrogen-bond donors (Lipinski definition) is 2. The number of aromatic nitrogens is 2. The standard InChI is InChI=1S/C26H29F3N6O3S/c1-17(2)19-5-3-18(4-6-19)13-33-25(36)22-16-34(24-15-31-23(30)14-32-24)11-12-35(22)39(37,38)21-9-7-20(8-10-21)26(27,28)29/h3-10,14-15,17,22H,11-13,16H2,1-2H3,(H2,30,31)(H,33,36)/t22-/m1/s1. The largest absolute Gasteiger partial charge is 0.416 e. The van der Waals surface area contributed by atoms with Crippen LogP contribution in [0.5, 0.6) is 0 Å². The van der Waals surface area contributed by atoms with Crippen molar-refractivity contribution >= 4 is 27.6 Å². The van der Waals surface area contributed by atoms with E-state index in [2.05, 4.69) is 29.1 Å². The van der Waals surface area contributed by atoms with Crippen molar-refractivity contribution in [3.8, 4) is 0 Å². The van der Waals surface area contributed by atoms with Crippen LogP contribution in [0.25, 0.3) is 0 Å². The molecular weight excluding hydrogens is 533 g/mol. The van der Waals surface area contributed by atoms with E-state index in [1.54, 1.807) is 4.90 Å². The maximum absolute atomic E-state index is 13.5. The summed E-state index contributed by atoms with van der Waals surface area (Å²) in [6.45, 7) is 4.35. The van der Waals surface area contributed by atoms with Crippen molar-refractivity contribution in [3.63, 3.8) is 0 Å². The molecule has 0 unspecified atom stereocenters. The third-order valence-electron chi connectivity index (χ3n) is 6.52. The van der Waals surface area contributed by atoms with E-state index in [0.29, 0.717) is 23.9 Å². The van der Waals surface area contributed by atoms with Crippen molar-refractivity contribution in [1.29, 1.82) is 0 Å². The normalized spacial score (nSPS) is 16.9. The summed E-state index contributed by atoms with van der Waals surface area (Å²) in [7, 11) is -4.31. The fourth-order valence-corrected chi connectivity index (χ4v) is 5.82. The van der Waals surface area contributed by atoms with Gasteiger partial charge in [-0.15, -0.1) is 0 Å². The number of piperazine rings is 1. The fraction of sp³-hybridized carbons (Fsp3) is 0.346. The second-order valence-electron chi connectivity index (χ2n) is 9.51. The van der Waals surface area contributed by atoms with Gasteiger partial charge in [0, 0.05) is 26.2 Å². The molecule has 1 fully saturated rings. The molecule has 1 amide bonds. The molecular formula is C26H29F3N6O3S. The molecule has 1 aliphatic rings. The Labute approximate surface area is 224 Å². The van der Waals surface area contributed by atoms with Gasteiger partial charge in [-0.2, -0.15) is 17.5 Å². The summed E-state index contributed by atoms with van der Waals surface area (Å²) in [6, 6.07) is 9.77. The van der Waals surface area contributed by atoms with Crippen molar-refractivity contribution in [2.75, 3.05) is 30.3 Å². The highest BCUT2D eigenvalue weighted by atomic mass is 32.2. The number of nitrogens with one attached hydrogen (secondary N) is 1. The predicted octanol–water partition coefficient (Wildman–Crippen LogP) is 3.40. The highest BCUT2D eigenvalue weighted by molar-refractivity contribution is 7.89. The number of anilines is 2. The predicted molar refractivity (Wildman–Crippen MR) is 140 cm³/mol. The summed E-state index contributed by atoms with van der Waals surface area (Å²) in [5, 5.41) is 2.80. The van der Waals surface area contributed by atoms with Crippen LogP contribution in [0.4, 0.5) is 24.8 Å². The molecule has 4 rings (SSSR count). The first-order valence-electron chi connectivity index (χ1n) is 12.2. The Morgan fingerprint density at radius 1 is 1.05 bits per heavy atom. The molecule has 3 N–H and O–H groups in total. The Morgan fingerprint density at radius 2 is 1.72 bits per heavy atom. The lowest BCUT2D eigenvalue weighted by molar-refractivity contribution is -0.137. The number of amides is 1. The highest BCUT2D eigenvalue weighted by Gasteiger charge is 2.41. The Kier molecular flexibility index (Phi) is 8.12. The SMILES string of the molecule is CC(C)c1ccc(CNC(=O)[C@H]2CN(c3cnc(N)cn3)CCN2S(=O)(=O)c2ccc(C(F)(F)F)cc2)cc1. The van der Waals surface area contributed by atoms with Gasteiger partial charge < -0.3 is 16.0 Å². The minimum absolute atomic E-state index is 0.0451. The zero-order valence-corrected chi connectivity index (χ0v) is 22.2. The molecule has 0 saturated carbocycles. The zero-order chi connectivity index (χ0) is 28.4. The number of nitrogens with two attached hydrogens (primary N) is 1. The van der Waals surface area contributed by atoms with Crippen molar-refractivity contribution < 1.29 is 26.4 Å². The van der Waals surface area contributed by atoms with E-state index in [1.165, 1.54) is 12.4 Å². The molecule has 1 atom stereocenters. The van der Waals surface area contributed by atoms with Crippen LogP contribution in [-0.2, 0) is 27.5 Å². The van der Waals surface area contributed by atoms with E-state index in [0.717, 1.165) is 27.6 Å². The van der Waals surface area contributed by atoms with E-state index >= 15 is 0 Å². The van der Waals surface area contributed by atoms with Crippen LogP contribution in [0.1, 0.15) is 36.5 Å². The number of sulfonamides is 1. The molecule has 9 nitrogen and oxygen atoms in total. The number of halogens is 3. The van der Waals surface area contributed by atoms with Gasteiger partial charge in [0.2, 0.25) is 15.9 Å². The monoisotopic (exact) mass is 562 g/mol. The first kappa shape index (κ1) is 28.3. The van der Waals surface area contributed by atoms with Gasteiger partial charge in [-0.05, 0) is 41.3 Å². The molecule has 208 valence electrons. The maximum atomic E-state index is 13.5. The number of rotatable bonds is 7. The fourth-order valence-electron chi connectivity index (χ4n) is 4.25. The van der Waals surface area contributed by atoms with Gasteiger partial charge in [0.05, 0.1) is 22.9 Å². The van der Waals surface area contributed by atoms with Gasteiger partial charge in [0.1, 0.15) is 17.7 Å². The Bertz CT molecular complexity index is 1400. The molecule has 1 aromatic heterocycles. The van der Waals surface area contributed by atoms with Crippen LogP contribution in [0, 0.1) is 0 Å². The van der Waals surface area contributed by atoms with Gasteiger partial charge in [0.15, 0.2) is 0 Å². The molecule has 2 aromatic carbocycles. The van der Waals surface area contributed by atoms with Crippen LogP contribution < -0.4 is 16.0 Å². The topological polar surface area (TPSA) is 122 Å². The van der Waals surface area contributed by atoms with Crippen molar-refractivity contribution in [2.45, 2.75) is 43.4 Å². The Hall–Kier alpha value is -3.71. The summed E-state index contributed by atoms with van der Waals surface area (Å²) >= 11 is 0. The summed E-state index contributed by atoms with van der Waals surface area (Å²) < 4.78 is 67.1. The van der Waals surface area contributed by atoms with Crippen molar-refractivity contribution in [2.24, 2.45) is 0 Å². The molecule has 2 heterocycles. The molecule has 1 saturated heterocycles. The van der Waals surface area contributed by atoms with E-state index in [-0.39, 0.29) is 36.9 Å². The molecule has 0 bridgehead atoms. The quantitative estimate of drug-likeness (QED) is 0.453. The minimum atomic E-state index is -4.61. The highest BCUT2D eigenvalue weighted by Crippen LogP contribution is 2.31. The van der Waals surface area contributed by atoms with E-state index in [1.807, 2.05) is 24.3 Å². The van der Waals surface area contributed by atoms with Crippen molar-refractivity contribution in [1.82, 2.24) is 19.6 Å². The second-order valence-corrected chi connectivity index (χ2v) is 11.4. The van der Waals surface area contributed by atoms with Gasteiger partial charge in [-0.1, -0.05) is 38.1 Å². The van der Waals surface area contributed by atoms with Gasteiger partial charge in [0.25, 0.3) is 0 Å². The smallest absolute Gasteiger partial charge is 0.382 e. The Morgan fingerprint density at radius 3 is 2.28 bits per heavy atom. The third kappa shape index (κ3) is 6.48. The van der Waals surface area contributed by atoms with Crippen LogP contribution >= 0.6 is 0 Å². The molecule has 13 heteroatoms. The summed E-state index contributed by atoms with van der Waals surface area (Å²) in [4.78, 5) is 23.0. The van der Waals surface area contributed by atoms with E-state index < -0.39 is 33.7 Å². The van der Waals surface area contributed by atoms with Gasteiger partial charge >= 0.3 is 6.18 Å². The molecule has 1 aliphatic heterocycles. The second kappa shape index (κ2) is 11.2. The van der Waals surface area contributed by atoms with Crippen LogP contribution in [0.15, 0.2) is 65.8 Å². The third-order valence-corrected chi connectivity index (χ3v) is 8.44. The van der Waals surface area contributed by atoms with Gasteiger partial charge in [-0.25, -0.2) is 18.4 Å². The number of alkyl halides is 3. The first-order valence-corrected chi connectivity index (χ1v) is 13.7. The molecule has 0 aliphatic carbocycles. The van der Waals surface area contributed by atoms with Gasteiger partial charge in [-0.3, -0.25) is 4.79 Å². The number of nitrogen functional groups attached to an aromatic ring is 1. The average Bonchev–Trinajstić information content (AvgIpc) is 2.91. The van der Waals surface area contributed by atoms with Crippen LogP contribution in [0.2, 0.25) is 0 Å². The average molecular weight is 563 g/mol. The summed E-state index contributed by atoms with van der Waals surface area (Å²) in [6.07, 6.45) is -1.82. The van der Waals surface area contributed by atoms with Crippen LogP contribution in [-0.4, -0.2) is 54.3 Å². The molecule has 3 aromatic rings. The first-order chi connectivity index (χ1) is 18.4. The lowest BCUT2D eigenvalue weighted by atomic mass is 10.0. The lowest BCUT2D eigenvalue weighted by Crippen LogP contribution is -2.60. The molecule has 0 spiro atoms. The summed E-state index contributed by atoms with van der Waals surface area (Å²) in [5.74, 6) is 0.423. The number of hydrogen-bond acceptors (Lipinski definition) is 7. The number of benzene rings is 2. The van der Waals surface area contributed by atoms with E-state index in [9.17, 15) is 26.4 Å².